The Labute approximate surface area is 173 Å². The molecule has 30 heavy (non-hydrogen) atoms. The number of aromatic amines is 1. The van der Waals surface area contributed by atoms with Gasteiger partial charge in [-0.15, -0.1) is 0 Å². The highest BCUT2D eigenvalue weighted by molar-refractivity contribution is 6.05. The molecule has 0 bridgehead atoms. The first kappa shape index (κ1) is 20.4. The molecule has 1 amide bonds. The van der Waals surface area contributed by atoms with Gasteiger partial charge in [0.15, 0.2) is 5.69 Å². The molecule has 3 heterocycles. The van der Waals surface area contributed by atoms with Gasteiger partial charge in [0.25, 0.3) is 5.91 Å². The van der Waals surface area contributed by atoms with Crippen molar-refractivity contribution in [3.63, 3.8) is 0 Å². The number of fused-ring (bicyclic) bond motifs is 1. The number of hydrogen-bond acceptors (Lipinski definition) is 4. The number of hydrogen-bond donors (Lipinski definition) is 2. The normalized spacial score (nSPS) is 20.0. The number of alkyl halides is 1. The Bertz CT molecular complexity index is 1050. The molecule has 1 aromatic carbocycles. The van der Waals surface area contributed by atoms with Crippen LogP contribution in [0.3, 0.4) is 0 Å². The standard InChI is InChI=1S/C22H25F2N5O/c1-13(2)11-29-6-5-20(18(24)12-29)26-22(30)21-17-8-14(3-4-19(17)27-28-21)15-7-16(23)10-25-9-15/h3-4,7-10,13,18,20H,5-6,11-12H2,1-2H3,(H,26,30)(H,27,28)/t18-,20-/m1/s1. The van der Waals surface area contributed by atoms with Gasteiger partial charge in [0.1, 0.15) is 12.0 Å². The van der Waals surface area contributed by atoms with Crippen LogP contribution in [0.15, 0.2) is 36.7 Å². The third kappa shape index (κ3) is 4.33. The summed E-state index contributed by atoms with van der Waals surface area (Å²) in [4.78, 5) is 18.8. The summed E-state index contributed by atoms with van der Waals surface area (Å²) in [7, 11) is 0. The molecule has 2 aromatic heterocycles. The number of halogens is 2. The van der Waals surface area contributed by atoms with Crippen molar-refractivity contribution in [2.75, 3.05) is 19.6 Å². The van der Waals surface area contributed by atoms with Crippen LogP contribution in [0.5, 0.6) is 0 Å². The molecule has 0 unspecified atom stereocenters. The van der Waals surface area contributed by atoms with Crippen molar-refractivity contribution in [3.8, 4) is 11.1 Å². The molecule has 6 nitrogen and oxygen atoms in total. The van der Waals surface area contributed by atoms with Gasteiger partial charge < -0.3 is 10.2 Å². The minimum absolute atomic E-state index is 0.202. The maximum Gasteiger partial charge on any atom is 0.272 e. The van der Waals surface area contributed by atoms with E-state index in [-0.39, 0.29) is 5.69 Å². The number of piperidine rings is 1. The quantitative estimate of drug-likeness (QED) is 0.671. The average Bonchev–Trinajstić information content (AvgIpc) is 3.13. The minimum Gasteiger partial charge on any atom is -0.345 e. The van der Waals surface area contributed by atoms with Crippen LogP contribution in [0.2, 0.25) is 0 Å². The fraction of sp³-hybridized carbons (Fsp3) is 0.409. The first-order valence-corrected chi connectivity index (χ1v) is 10.2. The third-order valence-electron chi connectivity index (χ3n) is 5.38. The first-order valence-electron chi connectivity index (χ1n) is 10.2. The van der Waals surface area contributed by atoms with E-state index in [2.05, 4.69) is 39.2 Å². The molecule has 2 atom stereocenters. The van der Waals surface area contributed by atoms with Gasteiger partial charge in [0, 0.05) is 36.8 Å². The van der Waals surface area contributed by atoms with Gasteiger partial charge in [-0.05, 0) is 36.1 Å². The molecule has 3 aromatic rings. The fourth-order valence-electron chi connectivity index (χ4n) is 3.99. The van der Waals surface area contributed by atoms with E-state index >= 15 is 0 Å². The summed E-state index contributed by atoms with van der Waals surface area (Å²) < 4.78 is 28.2. The van der Waals surface area contributed by atoms with Crippen molar-refractivity contribution in [3.05, 3.63) is 48.2 Å². The van der Waals surface area contributed by atoms with Gasteiger partial charge in [-0.25, -0.2) is 8.78 Å². The Morgan fingerprint density at radius 3 is 2.87 bits per heavy atom. The molecule has 1 aliphatic rings. The highest BCUT2D eigenvalue weighted by Gasteiger charge is 2.31. The Hall–Kier alpha value is -2.87. The second-order valence-electron chi connectivity index (χ2n) is 8.26. The molecule has 1 saturated heterocycles. The Kier molecular flexibility index (Phi) is 5.76. The van der Waals surface area contributed by atoms with E-state index < -0.39 is 23.9 Å². The predicted molar refractivity (Wildman–Crippen MR) is 111 cm³/mol. The topological polar surface area (TPSA) is 73.9 Å². The average molecular weight is 413 g/mol. The highest BCUT2D eigenvalue weighted by Crippen LogP contribution is 2.26. The number of carbonyl (C=O) groups excluding carboxylic acids is 1. The lowest BCUT2D eigenvalue weighted by Crippen LogP contribution is -2.53. The molecule has 1 aliphatic heterocycles. The van der Waals surface area contributed by atoms with E-state index in [9.17, 15) is 13.6 Å². The van der Waals surface area contributed by atoms with Crippen molar-refractivity contribution in [2.45, 2.75) is 32.5 Å². The summed E-state index contributed by atoms with van der Waals surface area (Å²) in [5, 5.41) is 10.4. The number of aromatic nitrogens is 3. The maximum absolute atomic E-state index is 14.7. The van der Waals surface area contributed by atoms with Crippen molar-refractivity contribution < 1.29 is 13.6 Å². The van der Waals surface area contributed by atoms with Gasteiger partial charge in [-0.2, -0.15) is 5.10 Å². The van der Waals surface area contributed by atoms with Crippen LogP contribution in [-0.4, -0.2) is 57.8 Å². The smallest absolute Gasteiger partial charge is 0.272 e. The summed E-state index contributed by atoms with van der Waals surface area (Å²) in [5.74, 6) is -0.377. The Balaban J connectivity index is 1.52. The third-order valence-corrected chi connectivity index (χ3v) is 5.38. The van der Waals surface area contributed by atoms with E-state index in [0.29, 0.717) is 35.3 Å². The summed E-state index contributed by atoms with van der Waals surface area (Å²) in [6.07, 6.45) is 2.13. The van der Waals surface area contributed by atoms with Crippen LogP contribution in [-0.2, 0) is 0 Å². The zero-order chi connectivity index (χ0) is 21.3. The first-order chi connectivity index (χ1) is 14.4. The van der Waals surface area contributed by atoms with E-state index in [1.807, 2.05) is 0 Å². The largest absolute Gasteiger partial charge is 0.345 e. The van der Waals surface area contributed by atoms with Gasteiger partial charge in [0.05, 0.1) is 17.8 Å². The fourth-order valence-corrected chi connectivity index (χ4v) is 3.99. The lowest BCUT2D eigenvalue weighted by molar-refractivity contribution is 0.0748. The second kappa shape index (κ2) is 8.47. The molecule has 2 N–H and O–H groups in total. The molecule has 0 saturated carbocycles. The lowest BCUT2D eigenvalue weighted by atomic mass is 10.0. The van der Waals surface area contributed by atoms with Crippen molar-refractivity contribution >= 4 is 16.8 Å². The highest BCUT2D eigenvalue weighted by atomic mass is 19.1. The second-order valence-corrected chi connectivity index (χ2v) is 8.26. The van der Waals surface area contributed by atoms with E-state index in [0.717, 1.165) is 24.8 Å². The molecule has 1 fully saturated rings. The van der Waals surface area contributed by atoms with Crippen LogP contribution >= 0.6 is 0 Å². The van der Waals surface area contributed by atoms with E-state index in [4.69, 9.17) is 0 Å². The summed E-state index contributed by atoms with van der Waals surface area (Å²) in [5.41, 5.74) is 2.20. The number of nitrogens with one attached hydrogen (secondary N) is 2. The monoisotopic (exact) mass is 413 g/mol. The summed E-state index contributed by atoms with van der Waals surface area (Å²) in [6, 6.07) is 6.19. The predicted octanol–water partition coefficient (Wildman–Crippen LogP) is 3.56. The molecule has 4 rings (SSSR count). The van der Waals surface area contributed by atoms with Gasteiger partial charge in [0.2, 0.25) is 0 Å². The van der Waals surface area contributed by atoms with E-state index in [1.54, 1.807) is 24.4 Å². The van der Waals surface area contributed by atoms with Gasteiger partial charge in [-0.3, -0.25) is 14.9 Å². The Morgan fingerprint density at radius 2 is 2.13 bits per heavy atom. The van der Waals surface area contributed by atoms with Crippen LogP contribution in [0.25, 0.3) is 22.0 Å². The summed E-state index contributed by atoms with van der Waals surface area (Å²) >= 11 is 0. The van der Waals surface area contributed by atoms with Crippen LogP contribution in [0.4, 0.5) is 8.78 Å². The van der Waals surface area contributed by atoms with Crippen LogP contribution < -0.4 is 5.32 Å². The van der Waals surface area contributed by atoms with Gasteiger partial charge in [-0.1, -0.05) is 19.9 Å². The zero-order valence-electron chi connectivity index (χ0n) is 17.0. The molecule has 8 heteroatoms. The maximum atomic E-state index is 14.7. The van der Waals surface area contributed by atoms with Gasteiger partial charge >= 0.3 is 0 Å². The number of pyridine rings is 1. The summed E-state index contributed by atoms with van der Waals surface area (Å²) in [6.45, 7) is 6.14. The lowest BCUT2D eigenvalue weighted by Gasteiger charge is -2.35. The number of carbonyl (C=O) groups is 1. The molecular weight excluding hydrogens is 388 g/mol. The number of benzene rings is 1. The number of amides is 1. The van der Waals surface area contributed by atoms with E-state index in [1.165, 1.54) is 6.07 Å². The number of H-pyrrole nitrogens is 1. The molecule has 0 spiro atoms. The molecule has 158 valence electrons. The minimum atomic E-state index is -1.12. The van der Waals surface area contributed by atoms with Crippen molar-refractivity contribution in [2.24, 2.45) is 5.92 Å². The van der Waals surface area contributed by atoms with Crippen LogP contribution in [0, 0.1) is 11.7 Å². The Morgan fingerprint density at radius 1 is 1.30 bits per heavy atom. The number of rotatable bonds is 5. The number of likely N-dealkylation sites (tertiary alicyclic amines) is 1. The molecular formula is C22H25F2N5O. The zero-order valence-corrected chi connectivity index (χ0v) is 17.0. The van der Waals surface area contributed by atoms with Crippen LogP contribution in [0.1, 0.15) is 30.8 Å². The van der Waals surface area contributed by atoms with Crippen molar-refractivity contribution in [1.29, 1.82) is 0 Å². The number of nitrogens with zero attached hydrogens (tertiary/aromatic N) is 3. The molecule has 0 radical (unpaired) electrons. The molecule has 0 aliphatic carbocycles. The SMILES string of the molecule is CC(C)CN1CC[C@@H](NC(=O)c2n[nH]c3ccc(-c4cncc(F)c4)cc23)[C@H](F)C1. The van der Waals surface area contributed by atoms with Crippen molar-refractivity contribution in [1.82, 2.24) is 25.4 Å².